The third-order valence-electron chi connectivity index (χ3n) is 6.14. The van der Waals surface area contributed by atoms with E-state index in [4.69, 9.17) is 0 Å². The Labute approximate surface area is 172 Å². The van der Waals surface area contributed by atoms with E-state index < -0.39 is 0 Å². The fraction of sp³-hybridized carbons (Fsp3) is 0.320. The lowest BCUT2D eigenvalue weighted by atomic mass is 10.0. The van der Waals surface area contributed by atoms with Crippen LogP contribution < -0.4 is 0 Å². The molecule has 0 bridgehead atoms. The van der Waals surface area contributed by atoms with Crippen LogP contribution in [0.3, 0.4) is 0 Å². The molecule has 5 rings (SSSR count). The Balaban J connectivity index is 1.37. The fourth-order valence-electron chi connectivity index (χ4n) is 4.52. The minimum absolute atomic E-state index is 0.148. The van der Waals surface area contributed by atoms with Crippen molar-refractivity contribution < 1.29 is 5.11 Å². The number of aliphatic imine (C=N–C) groups is 1. The van der Waals surface area contributed by atoms with E-state index in [1.807, 2.05) is 6.21 Å². The lowest BCUT2D eigenvalue weighted by Crippen LogP contribution is -2.27. The second-order valence-electron chi connectivity index (χ2n) is 8.19. The Bertz CT molecular complexity index is 1010. The largest absolute Gasteiger partial charge is 0.392 e. The first-order valence-electron chi connectivity index (χ1n) is 10.5. The predicted octanol–water partition coefficient (Wildman–Crippen LogP) is 4.25. The summed E-state index contributed by atoms with van der Waals surface area (Å²) in [5, 5.41) is 9.76. The molecule has 2 aromatic carbocycles. The summed E-state index contributed by atoms with van der Waals surface area (Å²) in [7, 11) is 0. The first-order valence-corrected chi connectivity index (χ1v) is 10.5. The summed E-state index contributed by atoms with van der Waals surface area (Å²) < 4.78 is 2.39. The maximum Gasteiger partial charge on any atom is 0.0679 e. The van der Waals surface area contributed by atoms with Crippen molar-refractivity contribution in [3.8, 4) is 22.3 Å². The molecule has 1 N–H and O–H groups in total. The number of aliphatic hydroxyl groups is 1. The van der Waals surface area contributed by atoms with Crippen LogP contribution in [0.4, 0.5) is 0 Å². The van der Waals surface area contributed by atoms with Gasteiger partial charge in [0, 0.05) is 37.6 Å². The Kier molecular flexibility index (Phi) is 5.04. The highest BCUT2D eigenvalue weighted by molar-refractivity contribution is 5.83. The summed E-state index contributed by atoms with van der Waals surface area (Å²) in [6.07, 6.45) is 6.11. The topological polar surface area (TPSA) is 40.8 Å². The number of hydrogen-bond acceptors (Lipinski definition) is 3. The van der Waals surface area contributed by atoms with Gasteiger partial charge in [-0.2, -0.15) is 0 Å². The van der Waals surface area contributed by atoms with Gasteiger partial charge >= 0.3 is 0 Å². The van der Waals surface area contributed by atoms with Crippen molar-refractivity contribution in [2.75, 3.05) is 26.2 Å². The molecule has 0 aliphatic carbocycles. The zero-order valence-corrected chi connectivity index (χ0v) is 16.6. The number of hydrogen-bond donors (Lipinski definition) is 1. The molecule has 3 heterocycles. The van der Waals surface area contributed by atoms with E-state index in [-0.39, 0.29) is 6.10 Å². The third-order valence-corrected chi connectivity index (χ3v) is 6.14. The van der Waals surface area contributed by atoms with Crippen molar-refractivity contribution in [3.63, 3.8) is 0 Å². The maximum atomic E-state index is 9.76. The summed E-state index contributed by atoms with van der Waals surface area (Å²) in [4.78, 5) is 6.99. The number of β-amino-alcohol motifs (C(OH)–C–C–N with tert-alkyl or cyclic N) is 1. The van der Waals surface area contributed by atoms with Gasteiger partial charge in [0.05, 0.1) is 24.4 Å². The molecule has 3 aromatic rings. The molecule has 1 fully saturated rings. The number of fused-ring (bicyclic) bond motifs is 1. The molecule has 4 nitrogen and oxygen atoms in total. The third kappa shape index (κ3) is 3.91. The lowest BCUT2D eigenvalue weighted by molar-refractivity contribution is 0.174. The summed E-state index contributed by atoms with van der Waals surface area (Å²) in [6.45, 7) is 3.68. The molecule has 1 unspecified atom stereocenters. The predicted molar refractivity (Wildman–Crippen MR) is 118 cm³/mol. The Hall–Kier alpha value is -2.69. The summed E-state index contributed by atoms with van der Waals surface area (Å²) in [6, 6.07) is 21.9. The van der Waals surface area contributed by atoms with Gasteiger partial charge in [-0.15, -0.1) is 0 Å². The summed E-state index contributed by atoms with van der Waals surface area (Å²) in [5.74, 6) is 0. The van der Waals surface area contributed by atoms with E-state index in [0.717, 1.165) is 39.0 Å². The average molecular weight is 386 g/mol. The second kappa shape index (κ2) is 7.97. The zero-order valence-electron chi connectivity index (χ0n) is 16.6. The fourth-order valence-corrected chi connectivity index (χ4v) is 4.52. The van der Waals surface area contributed by atoms with Gasteiger partial charge < -0.3 is 14.6 Å². The number of likely N-dealkylation sites (tertiary alicyclic amines) is 1. The highest BCUT2D eigenvalue weighted by atomic mass is 16.3. The molecule has 0 radical (unpaired) electrons. The smallest absolute Gasteiger partial charge is 0.0679 e. The molecule has 4 heteroatoms. The zero-order chi connectivity index (χ0) is 19.6. The van der Waals surface area contributed by atoms with Crippen LogP contribution in [0.5, 0.6) is 0 Å². The molecule has 0 saturated carbocycles. The van der Waals surface area contributed by atoms with E-state index in [0.29, 0.717) is 6.04 Å². The van der Waals surface area contributed by atoms with Crippen molar-refractivity contribution >= 4 is 6.21 Å². The van der Waals surface area contributed by atoms with Gasteiger partial charge in [0.25, 0.3) is 0 Å². The van der Waals surface area contributed by atoms with Crippen molar-refractivity contribution in [3.05, 3.63) is 72.6 Å². The van der Waals surface area contributed by atoms with E-state index in [9.17, 15) is 5.11 Å². The minimum Gasteiger partial charge on any atom is -0.392 e. The maximum absolute atomic E-state index is 9.76. The molecule has 29 heavy (non-hydrogen) atoms. The van der Waals surface area contributed by atoms with E-state index in [1.165, 1.54) is 27.9 Å². The number of benzene rings is 2. The van der Waals surface area contributed by atoms with Gasteiger partial charge in [-0.1, -0.05) is 48.5 Å². The Morgan fingerprint density at radius 3 is 2.52 bits per heavy atom. The first kappa shape index (κ1) is 18.3. The van der Waals surface area contributed by atoms with Crippen LogP contribution in [0.1, 0.15) is 24.6 Å². The monoisotopic (exact) mass is 385 g/mol. The molecule has 0 spiro atoms. The van der Waals surface area contributed by atoms with Crippen molar-refractivity contribution in [1.29, 1.82) is 0 Å². The molecular formula is C25H27N3O. The van der Waals surface area contributed by atoms with Crippen LogP contribution >= 0.6 is 0 Å². The van der Waals surface area contributed by atoms with Crippen LogP contribution in [0.25, 0.3) is 22.3 Å². The first-order chi connectivity index (χ1) is 14.3. The molecule has 1 aromatic heterocycles. The van der Waals surface area contributed by atoms with E-state index in [1.54, 1.807) is 0 Å². The lowest BCUT2D eigenvalue weighted by Gasteiger charge is -2.24. The number of aliphatic hydroxyl groups excluding tert-OH is 1. The normalized spacial score (nSPS) is 21.4. The van der Waals surface area contributed by atoms with Crippen LogP contribution in [0.2, 0.25) is 0 Å². The molecule has 1 saturated heterocycles. The highest BCUT2D eigenvalue weighted by Crippen LogP contribution is 2.30. The van der Waals surface area contributed by atoms with Crippen LogP contribution in [-0.2, 0) is 0 Å². The van der Waals surface area contributed by atoms with E-state index >= 15 is 0 Å². The summed E-state index contributed by atoms with van der Waals surface area (Å²) in [5.41, 5.74) is 6.15. The molecule has 148 valence electrons. The molecule has 2 aliphatic rings. The molecule has 2 atom stereocenters. The van der Waals surface area contributed by atoms with Gasteiger partial charge in [0.1, 0.15) is 0 Å². The SMILES string of the molecule is O[C@H]1CCN(CCC2CN=Cc3cc(-c4cccc(-c5ccccc5)c4)cn32)C1. The van der Waals surface area contributed by atoms with Crippen molar-refractivity contribution in [2.45, 2.75) is 25.0 Å². The minimum atomic E-state index is -0.148. The highest BCUT2D eigenvalue weighted by Gasteiger charge is 2.23. The van der Waals surface area contributed by atoms with Crippen molar-refractivity contribution in [1.82, 2.24) is 9.47 Å². The van der Waals surface area contributed by atoms with Crippen LogP contribution in [0, 0.1) is 0 Å². The summed E-state index contributed by atoms with van der Waals surface area (Å²) >= 11 is 0. The second-order valence-corrected chi connectivity index (χ2v) is 8.19. The van der Waals surface area contributed by atoms with Gasteiger partial charge in [-0.25, -0.2) is 0 Å². The number of aromatic nitrogens is 1. The number of nitrogens with zero attached hydrogens (tertiary/aromatic N) is 3. The van der Waals surface area contributed by atoms with Gasteiger partial charge in [0.2, 0.25) is 0 Å². The Morgan fingerprint density at radius 1 is 0.931 bits per heavy atom. The van der Waals surface area contributed by atoms with E-state index in [2.05, 4.69) is 81.3 Å². The number of rotatable bonds is 5. The average Bonchev–Trinajstić information content (AvgIpc) is 3.39. The molecule has 0 amide bonds. The van der Waals surface area contributed by atoms with Gasteiger partial charge in [-0.05, 0) is 41.7 Å². The standard InChI is InChI=1S/C25H27N3O/c29-25-10-12-27(18-25)11-9-23-15-26-16-24-14-22(17-28(23)24)21-8-4-7-20(13-21)19-5-2-1-3-6-19/h1-8,13-14,16-17,23,25,29H,9-12,15,18H2/t23?,25-/m0/s1. The quantitative estimate of drug-likeness (QED) is 0.713. The molecular weight excluding hydrogens is 358 g/mol. The van der Waals surface area contributed by atoms with Crippen LogP contribution in [0.15, 0.2) is 71.9 Å². The Morgan fingerprint density at radius 2 is 1.72 bits per heavy atom. The molecule has 2 aliphatic heterocycles. The van der Waals surface area contributed by atoms with Crippen LogP contribution in [-0.4, -0.2) is 53.1 Å². The van der Waals surface area contributed by atoms with Gasteiger partial charge in [0.15, 0.2) is 0 Å². The van der Waals surface area contributed by atoms with Gasteiger partial charge in [-0.3, -0.25) is 4.99 Å². The van der Waals surface area contributed by atoms with Crippen molar-refractivity contribution in [2.24, 2.45) is 4.99 Å².